The second kappa shape index (κ2) is 2.21. The van der Waals surface area contributed by atoms with E-state index in [0.29, 0.717) is 0 Å². The summed E-state index contributed by atoms with van der Waals surface area (Å²) in [5.41, 5.74) is -1.16. The fourth-order valence-electron chi connectivity index (χ4n) is 0. The summed E-state index contributed by atoms with van der Waals surface area (Å²) in [6.07, 6.45) is 0. The summed E-state index contributed by atoms with van der Waals surface area (Å²) in [4.78, 5) is 0. The smallest absolute Gasteiger partial charge is 0.129 e. The molecular weight excluding hydrogens is 186 g/mol. The van der Waals surface area contributed by atoms with Crippen LogP contribution in [0.15, 0.2) is 0 Å². The molecule has 0 saturated heterocycles. The first kappa shape index (κ1) is 4.96. The van der Waals surface area contributed by atoms with E-state index in [9.17, 15) is 4.57 Å². The minimum Gasteiger partial charge on any atom is -0.316 e. The molecule has 0 aliphatic carbocycles. The van der Waals surface area contributed by atoms with Crippen molar-refractivity contribution in [1.29, 1.82) is 0 Å². The van der Waals surface area contributed by atoms with Gasteiger partial charge in [0, 0.05) is 0 Å². The number of rotatable bonds is 0. The molecule has 1 nitrogen and oxygen atoms in total. The van der Waals surface area contributed by atoms with Crippen LogP contribution in [0.2, 0.25) is 0 Å². The lowest BCUT2D eigenvalue weighted by Gasteiger charge is -1.56. The average molecular weight is 190 g/mol. The molecule has 0 aromatic carbocycles. The lowest BCUT2D eigenvalue weighted by Crippen LogP contribution is -1.16. The van der Waals surface area contributed by atoms with Crippen molar-refractivity contribution in [3.8, 4) is 0 Å². The Bertz CT molecular complexity index is 31.0. The van der Waals surface area contributed by atoms with Gasteiger partial charge in [-0.1, -0.05) is 0 Å². The molecule has 0 rings (SSSR count). The summed E-state index contributed by atoms with van der Waals surface area (Å²) in [6.45, 7) is 1.70. The quantitative estimate of drug-likeness (QED) is 0.418. The van der Waals surface area contributed by atoms with Crippen LogP contribution in [-0.2, 0) is 4.57 Å². The number of hydrogen-bond acceptors (Lipinski definition) is 1. The molecule has 0 saturated carbocycles. The first-order chi connectivity index (χ1) is 1.73. The van der Waals surface area contributed by atoms with Gasteiger partial charge in [-0.2, -0.15) is 0 Å². The Kier molecular flexibility index (Phi) is 2.74. The maximum absolute atomic E-state index is 9.62. The summed E-state index contributed by atoms with van der Waals surface area (Å²) in [6, 6.07) is 0. The maximum Gasteiger partial charge on any atom is 0.129 e. The molecule has 0 bridgehead atoms. The van der Waals surface area contributed by atoms with E-state index in [-0.39, 0.29) is 0 Å². The van der Waals surface area contributed by atoms with Gasteiger partial charge < -0.3 is 4.57 Å². The van der Waals surface area contributed by atoms with Gasteiger partial charge in [0.2, 0.25) is 0 Å². The second-order valence-electron chi connectivity index (χ2n) is 0.470. The predicted octanol–water partition coefficient (Wildman–Crippen LogP) is 1.53. The topological polar surface area (TPSA) is 17.1 Å². The molecule has 0 aliphatic heterocycles. The Morgan fingerprint density at radius 3 is 2.00 bits per heavy atom. The van der Waals surface area contributed by atoms with Crippen LogP contribution in [0.4, 0.5) is 0 Å². The minimum absolute atomic E-state index is 1.16. The van der Waals surface area contributed by atoms with E-state index in [0.717, 1.165) is 0 Å². The molecule has 26 valence electrons. The van der Waals surface area contributed by atoms with Crippen LogP contribution < -0.4 is 0 Å². The average Bonchev–Trinajstić information content (AvgIpc) is 0.811. The molecule has 0 N–H and O–H groups in total. The van der Waals surface area contributed by atoms with E-state index < -0.39 is 5.44 Å². The van der Waals surface area contributed by atoms with Gasteiger partial charge in [-0.25, -0.2) is 0 Å². The Labute approximate surface area is 39.1 Å². The van der Waals surface area contributed by atoms with Gasteiger partial charge in [-0.3, -0.25) is 0 Å². The number of hydrogen-bond donors (Lipinski definition) is 0. The Hall–Kier alpha value is 0.960. The summed E-state index contributed by atoms with van der Waals surface area (Å²) < 4.78 is 9.62. The number of halogens is 1. The Balaban J connectivity index is 2.80. The highest BCUT2D eigenvalue weighted by Gasteiger charge is 1.62. The highest BCUT2D eigenvalue weighted by Crippen LogP contribution is 2.23. The summed E-state index contributed by atoms with van der Waals surface area (Å²) >= 11 is 1.89. The molecule has 0 aromatic rings. The van der Waals surface area contributed by atoms with Crippen LogP contribution in [0.1, 0.15) is 0 Å². The molecule has 3 heteroatoms. The molecular formula is CH4IOP. The van der Waals surface area contributed by atoms with E-state index >= 15 is 0 Å². The fraction of sp³-hybridized carbons (Fsp3) is 1.00. The van der Waals surface area contributed by atoms with E-state index in [2.05, 4.69) is 0 Å². The van der Waals surface area contributed by atoms with Crippen LogP contribution in [0.5, 0.6) is 0 Å². The van der Waals surface area contributed by atoms with Gasteiger partial charge in [0.15, 0.2) is 0 Å². The zero-order chi connectivity index (χ0) is 3.58. The van der Waals surface area contributed by atoms with Crippen molar-refractivity contribution in [3.63, 3.8) is 0 Å². The monoisotopic (exact) mass is 190 g/mol. The SMILES string of the molecule is C[PH](=O)I. The first-order valence-electron chi connectivity index (χ1n) is 0.893. The molecule has 0 spiro atoms. The van der Waals surface area contributed by atoms with E-state index in [1.165, 1.54) is 0 Å². The van der Waals surface area contributed by atoms with Crippen molar-refractivity contribution < 1.29 is 4.57 Å². The van der Waals surface area contributed by atoms with E-state index in [4.69, 9.17) is 0 Å². The molecule has 0 aliphatic rings. The summed E-state index contributed by atoms with van der Waals surface area (Å²) in [5, 5.41) is 0. The third-order valence-corrected chi connectivity index (χ3v) is 0. The van der Waals surface area contributed by atoms with Crippen molar-refractivity contribution >= 4 is 27.5 Å². The van der Waals surface area contributed by atoms with Crippen LogP contribution in [-0.4, -0.2) is 6.66 Å². The van der Waals surface area contributed by atoms with Gasteiger partial charge in [-0.05, 0) is 28.7 Å². The van der Waals surface area contributed by atoms with Crippen LogP contribution >= 0.6 is 27.5 Å². The Morgan fingerprint density at radius 2 is 2.00 bits per heavy atom. The molecule has 0 fully saturated rings. The van der Waals surface area contributed by atoms with Gasteiger partial charge >= 0.3 is 0 Å². The molecule has 0 heterocycles. The maximum atomic E-state index is 9.62. The molecule has 1 atom stereocenters. The lowest BCUT2D eigenvalue weighted by molar-refractivity contribution is 0.600. The molecule has 4 heavy (non-hydrogen) atoms. The second-order valence-corrected chi connectivity index (χ2v) is 5.97. The third kappa shape index (κ3) is 12.3. The van der Waals surface area contributed by atoms with E-state index in [1.54, 1.807) is 6.66 Å². The zero-order valence-corrected chi connectivity index (χ0v) is 5.44. The van der Waals surface area contributed by atoms with Gasteiger partial charge in [0.05, 0.1) is 0 Å². The van der Waals surface area contributed by atoms with Crippen LogP contribution in [0.3, 0.4) is 0 Å². The normalized spacial score (nSPS) is 15.5. The van der Waals surface area contributed by atoms with Gasteiger partial charge in [0.1, 0.15) is 5.44 Å². The lowest BCUT2D eigenvalue weighted by atomic mass is 12.0. The predicted molar refractivity (Wildman–Crippen MR) is 28.9 cm³/mol. The molecule has 0 amide bonds. The van der Waals surface area contributed by atoms with Crippen LogP contribution in [0.25, 0.3) is 0 Å². The van der Waals surface area contributed by atoms with Crippen molar-refractivity contribution in [2.75, 3.05) is 6.66 Å². The van der Waals surface area contributed by atoms with Crippen LogP contribution in [0, 0.1) is 0 Å². The first-order valence-corrected chi connectivity index (χ1v) is 5.92. The highest BCUT2D eigenvalue weighted by atomic mass is 127. The highest BCUT2D eigenvalue weighted by molar-refractivity contribution is 14.2. The van der Waals surface area contributed by atoms with Crippen molar-refractivity contribution in [2.45, 2.75) is 0 Å². The van der Waals surface area contributed by atoms with Crippen molar-refractivity contribution in [2.24, 2.45) is 0 Å². The standard InChI is InChI=1S/CH4IOP/c1-4(2)3/h4H,1H3. The summed E-state index contributed by atoms with van der Waals surface area (Å²) in [7, 11) is 0. The van der Waals surface area contributed by atoms with E-state index in [1.807, 2.05) is 22.0 Å². The third-order valence-electron chi connectivity index (χ3n) is 0. The molecule has 0 radical (unpaired) electrons. The van der Waals surface area contributed by atoms with Gasteiger partial charge in [0.25, 0.3) is 0 Å². The largest absolute Gasteiger partial charge is 0.316 e. The zero-order valence-electron chi connectivity index (χ0n) is 2.29. The molecule has 0 aromatic heterocycles. The minimum atomic E-state index is -1.16. The van der Waals surface area contributed by atoms with Crippen molar-refractivity contribution in [3.05, 3.63) is 0 Å². The van der Waals surface area contributed by atoms with Gasteiger partial charge in [-0.15, -0.1) is 0 Å². The fourth-order valence-corrected chi connectivity index (χ4v) is 0. The summed E-state index contributed by atoms with van der Waals surface area (Å²) in [5.74, 6) is 0. The molecule has 1 unspecified atom stereocenters. The Morgan fingerprint density at radius 1 is 2.00 bits per heavy atom. The van der Waals surface area contributed by atoms with Crippen molar-refractivity contribution in [1.82, 2.24) is 0 Å².